The highest BCUT2D eigenvalue weighted by atomic mass is 32.1. The summed E-state index contributed by atoms with van der Waals surface area (Å²) in [4.78, 5) is 4.03. The van der Waals surface area contributed by atoms with Crippen molar-refractivity contribution in [1.29, 1.82) is 0 Å². The van der Waals surface area contributed by atoms with Crippen molar-refractivity contribution in [1.82, 2.24) is 20.0 Å². The van der Waals surface area contributed by atoms with Crippen molar-refractivity contribution in [3.63, 3.8) is 0 Å². The lowest BCUT2D eigenvalue weighted by atomic mass is 10.2. The first kappa shape index (κ1) is 9.29. The number of aliphatic hydroxyl groups is 1. The first-order valence-electron chi connectivity index (χ1n) is 4.17. The maximum atomic E-state index is 9.74. The quantitative estimate of drug-likeness (QED) is 0.803. The molecule has 2 aromatic rings. The molecule has 14 heavy (non-hydrogen) atoms. The van der Waals surface area contributed by atoms with Crippen molar-refractivity contribution in [2.45, 2.75) is 12.5 Å². The highest BCUT2D eigenvalue weighted by molar-refractivity contribution is 7.07. The topological polar surface area (TPSA) is 63.8 Å². The lowest BCUT2D eigenvalue weighted by Crippen LogP contribution is -2.02. The molecule has 0 aliphatic heterocycles. The number of aryl methyl sites for hydroxylation is 1. The second-order valence-electron chi connectivity index (χ2n) is 3.02. The molecule has 0 bridgehead atoms. The van der Waals surface area contributed by atoms with Crippen LogP contribution in [-0.2, 0) is 13.5 Å². The second-order valence-corrected chi connectivity index (χ2v) is 3.74. The van der Waals surface area contributed by atoms with E-state index in [4.69, 9.17) is 0 Å². The summed E-state index contributed by atoms with van der Waals surface area (Å²) >= 11 is 1.47. The van der Waals surface area contributed by atoms with Gasteiger partial charge in [0.2, 0.25) is 0 Å². The number of hydrogen-bond donors (Lipinski definition) is 1. The molecule has 1 atom stereocenters. The smallest absolute Gasteiger partial charge is 0.102 e. The Kier molecular flexibility index (Phi) is 2.55. The molecule has 0 spiro atoms. The largest absolute Gasteiger partial charge is 0.386 e. The van der Waals surface area contributed by atoms with Crippen LogP contribution in [0.25, 0.3) is 0 Å². The lowest BCUT2D eigenvalue weighted by Gasteiger charge is -2.03. The van der Waals surface area contributed by atoms with E-state index in [9.17, 15) is 5.11 Å². The van der Waals surface area contributed by atoms with Gasteiger partial charge in [-0.15, -0.1) is 16.4 Å². The molecule has 0 aromatic carbocycles. The SMILES string of the molecule is Cn1cc(CC(O)c2cscn2)nn1. The fraction of sp³-hybridized carbons (Fsp3) is 0.375. The Balaban J connectivity index is 2.05. The number of nitrogens with zero attached hydrogens (tertiary/aromatic N) is 4. The van der Waals surface area contributed by atoms with Crippen LogP contribution in [0.2, 0.25) is 0 Å². The molecule has 0 fully saturated rings. The molecule has 2 aromatic heterocycles. The highest BCUT2D eigenvalue weighted by Crippen LogP contribution is 2.16. The number of aromatic nitrogens is 4. The molecule has 6 heteroatoms. The summed E-state index contributed by atoms with van der Waals surface area (Å²) in [6, 6.07) is 0. The van der Waals surface area contributed by atoms with E-state index in [-0.39, 0.29) is 0 Å². The minimum atomic E-state index is -0.585. The summed E-state index contributed by atoms with van der Waals surface area (Å²) in [5.41, 5.74) is 3.17. The van der Waals surface area contributed by atoms with Crippen LogP contribution in [0, 0.1) is 0 Å². The summed E-state index contributed by atoms with van der Waals surface area (Å²) < 4.78 is 1.61. The third-order valence-electron chi connectivity index (χ3n) is 1.85. The number of aliphatic hydroxyl groups excluding tert-OH is 1. The van der Waals surface area contributed by atoms with E-state index in [0.29, 0.717) is 12.1 Å². The fourth-order valence-electron chi connectivity index (χ4n) is 1.18. The van der Waals surface area contributed by atoms with Gasteiger partial charge in [-0.1, -0.05) is 5.21 Å². The van der Waals surface area contributed by atoms with Crippen LogP contribution >= 0.6 is 11.3 Å². The highest BCUT2D eigenvalue weighted by Gasteiger charge is 2.12. The predicted octanol–water partition coefficient (Wildman–Crippen LogP) is 0.548. The number of thiazole rings is 1. The molecule has 0 saturated heterocycles. The Bertz CT molecular complexity index is 397. The van der Waals surface area contributed by atoms with Gasteiger partial charge in [-0.05, 0) is 0 Å². The molecule has 5 nitrogen and oxygen atoms in total. The summed E-state index contributed by atoms with van der Waals surface area (Å²) in [6.07, 6.45) is 1.66. The van der Waals surface area contributed by atoms with E-state index in [2.05, 4.69) is 15.3 Å². The van der Waals surface area contributed by atoms with Gasteiger partial charge in [0.05, 0.1) is 16.9 Å². The van der Waals surface area contributed by atoms with Gasteiger partial charge >= 0.3 is 0 Å². The van der Waals surface area contributed by atoms with Crippen LogP contribution in [0.3, 0.4) is 0 Å². The second kappa shape index (κ2) is 3.85. The van der Waals surface area contributed by atoms with Crippen molar-refractivity contribution in [3.05, 3.63) is 28.5 Å². The van der Waals surface area contributed by atoms with Crippen LogP contribution in [-0.4, -0.2) is 25.1 Å². The number of hydrogen-bond acceptors (Lipinski definition) is 5. The predicted molar refractivity (Wildman–Crippen MR) is 51.8 cm³/mol. The van der Waals surface area contributed by atoms with Gasteiger partial charge in [-0.2, -0.15) is 0 Å². The molecule has 0 aliphatic rings. The van der Waals surface area contributed by atoms with Crippen LogP contribution in [0.1, 0.15) is 17.5 Å². The monoisotopic (exact) mass is 210 g/mol. The van der Waals surface area contributed by atoms with Crippen molar-refractivity contribution in [3.8, 4) is 0 Å². The van der Waals surface area contributed by atoms with E-state index < -0.39 is 6.10 Å². The standard InChI is InChI=1S/C8H10N4OS/c1-12-3-6(10-11-12)2-8(13)7-4-14-5-9-7/h3-5,8,13H,2H2,1H3. The Morgan fingerprint density at radius 1 is 1.64 bits per heavy atom. The molecule has 0 radical (unpaired) electrons. The molecular formula is C8H10N4OS. The molecular weight excluding hydrogens is 200 g/mol. The van der Waals surface area contributed by atoms with Crippen molar-refractivity contribution >= 4 is 11.3 Å². The fourth-order valence-corrected chi connectivity index (χ4v) is 1.78. The average molecular weight is 210 g/mol. The van der Waals surface area contributed by atoms with E-state index in [1.807, 2.05) is 5.38 Å². The lowest BCUT2D eigenvalue weighted by molar-refractivity contribution is 0.173. The molecule has 2 rings (SSSR count). The molecule has 1 unspecified atom stereocenters. The van der Waals surface area contributed by atoms with Crippen LogP contribution in [0.5, 0.6) is 0 Å². The number of rotatable bonds is 3. The maximum absolute atomic E-state index is 9.74. The zero-order valence-corrected chi connectivity index (χ0v) is 8.48. The van der Waals surface area contributed by atoms with Crippen molar-refractivity contribution < 1.29 is 5.11 Å². The van der Waals surface area contributed by atoms with Gasteiger partial charge in [-0.25, -0.2) is 4.98 Å². The van der Waals surface area contributed by atoms with Crippen LogP contribution in [0.4, 0.5) is 0 Å². The first-order valence-corrected chi connectivity index (χ1v) is 5.11. The van der Waals surface area contributed by atoms with Crippen LogP contribution < -0.4 is 0 Å². The molecule has 0 amide bonds. The Hall–Kier alpha value is -1.27. The minimum Gasteiger partial charge on any atom is -0.386 e. The summed E-state index contributed by atoms with van der Waals surface area (Å²) in [6.45, 7) is 0. The van der Waals surface area contributed by atoms with E-state index in [1.54, 1.807) is 23.4 Å². The van der Waals surface area contributed by atoms with Gasteiger partial charge in [-0.3, -0.25) is 4.68 Å². The van der Waals surface area contributed by atoms with E-state index >= 15 is 0 Å². The van der Waals surface area contributed by atoms with Gasteiger partial charge < -0.3 is 5.11 Å². The summed E-state index contributed by atoms with van der Waals surface area (Å²) in [5.74, 6) is 0. The van der Waals surface area contributed by atoms with Crippen LogP contribution in [0.15, 0.2) is 17.1 Å². The van der Waals surface area contributed by atoms with E-state index in [1.165, 1.54) is 11.3 Å². The van der Waals surface area contributed by atoms with Gasteiger partial charge in [0, 0.05) is 25.0 Å². The third kappa shape index (κ3) is 1.97. The zero-order valence-electron chi connectivity index (χ0n) is 7.66. The van der Waals surface area contributed by atoms with Gasteiger partial charge in [0.15, 0.2) is 0 Å². The van der Waals surface area contributed by atoms with Gasteiger partial charge in [0.25, 0.3) is 0 Å². The molecule has 0 aliphatic carbocycles. The minimum absolute atomic E-state index is 0.456. The summed E-state index contributed by atoms with van der Waals surface area (Å²) in [7, 11) is 1.80. The van der Waals surface area contributed by atoms with E-state index in [0.717, 1.165) is 5.69 Å². The maximum Gasteiger partial charge on any atom is 0.102 e. The Morgan fingerprint density at radius 3 is 3.07 bits per heavy atom. The van der Waals surface area contributed by atoms with Gasteiger partial charge in [0.1, 0.15) is 6.10 Å². The zero-order chi connectivity index (χ0) is 9.97. The Morgan fingerprint density at radius 2 is 2.50 bits per heavy atom. The molecule has 1 N–H and O–H groups in total. The molecule has 2 heterocycles. The Labute approximate surface area is 85.0 Å². The van der Waals surface area contributed by atoms with Crippen molar-refractivity contribution in [2.24, 2.45) is 7.05 Å². The normalized spacial score (nSPS) is 13.0. The van der Waals surface area contributed by atoms with Crippen molar-refractivity contribution in [2.75, 3.05) is 0 Å². The average Bonchev–Trinajstić information content (AvgIpc) is 2.75. The molecule has 0 saturated carbocycles. The third-order valence-corrected chi connectivity index (χ3v) is 2.45. The molecule has 74 valence electrons. The first-order chi connectivity index (χ1) is 6.75. The summed E-state index contributed by atoms with van der Waals surface area (Å²) in [5, 5.41) is 19.3.